The highest BCUT2D eigenvalue weighted by molar-refractivity contribution is 5.34. The molecular formula is C14H16N2O. The van der Waals surface area contributed by atoms with E-state index in [1.165, 1.54) is 5.56 Å². The Morgan fingerprint density at radius 1 is 1.18 bits per heavy atom. The highest BCUT2D eigenvalue weighted by atomic mass is 16.5. The number of nitrogens with zero attached hydrogens (tertiary/aromatic N) is 1. The zero-order valence-electron chi connectivity index (χ0n) is 9.89. The molecule has 17 heavy (non-hydrogen) atoms. The van der Waals surface area contributed by atoms with Crippen LogP contribution in [0.3, 0.4) is 0 Å². The van der Waals surface area contributed by atoms with Crippen molar-refractivity contribution >= 4 is 5.82 Å². The van der Waals surface area contributed by atoms with Crippen molar-refractivity contribution in [2.75, 3.05) is 5.73 Å². The first-order valence-electron chi connectivity index (χ1n) is 5.70. The van der Waals surface area contributed by atoms with Gasteiger partial charge in [0.2, 0.25) is 0 Å². The molecule has 3 nitrogen and oxygen atoms in total. The number of ether oxygens (including phenoxy) is 1. The summed E-state index contributed by atoms with van der Waals surface area (Å²) in [5.41, 5.74) is 7.76. The van der Waals surface area contributed by atoms with Gasteiger partial charge in [0.1, 0.15) is 18.2 Å². The Morgan fingerprint density at radius 3 is 2.71 bits per heavy atom. The van der Waals surface area contributed by atoms with Crippen LogP contribution in [0, 0.1) is 0 Å². The summed E-state index contributed by atoms with van der Waals surface area (Å²) in [4.78, 5) is 4.03. The van der Waals surface area contributed by atoms with Crippen LogP contribution >= 0.6 is 0 Å². The molecule has 0 aliphatic heterocycles. The fourth-order valence-corrected chi connectivity index (χ4v) is 1.62. The molecule has 0 radical (unpaired) electrons. The van der Waals surface area contributed by atoms with Crippen LogP contribution in [0.5, 0.6) is 5.75 Å². The quantitative estimate of drug-likeness (QED) is 0.875. The predicted molar refractivity (Wildman–Crippen MR) is 68.8 cm³/mol. The van der Waals surface area contributed by atoms with Crippen LogP contribution in [-0.4, -0.2) is 4.98 Å². The van der Waals surface area contributed by atoms with E-state index in [1.54, 1.807) is 12.3 Å². The van der Waals surface area contributed by atoms with Gasteiger partial charge in [-0.05, 0) is 24.1 Å². The molecule has 0 atom stereocenters. The molecule has 88 valence electrons. The molecule has 0 amide bonds. The third-order valence-electron chi connectivity index (χ3n) is 2.60. The lowest BCUT2D eigenvalue weighted by Gasteiger charge is -2.10. The number of hydrogen-bond acceptors (Lipinski definition) is 3. The lowest BCUT2D eigenvalue weighted by Crippen LogP contribution is -1.99. The maximum atomic E-state index is 5.77. The molecule has 0 saturated carbocycles. The average molecular weight is 228 g/mol. The van der Waals surface area contributed by atoms with Crippen LogP contribution in [0.2, 0.25) is 0 Å². The first-order chi connectivity index (χ1) is 8.29. The van der Waals surface area contributed by atoms with E-state index in [2.05, 4.69) is 18.0 Å². The van der Waals surface area contributed by atoms with Crippen molar-refractivity contribution in [3.05, 3.63) is 53.7 Å². The second-order valence-electron chi connectivity index (χ2n) is 3.84. The first kappa shape index (κ1) is 11.5. The third-order valence-corrected chi connectivity index (χ3v) is 2.60. The van der Waals surface area contributed by atoms with E-state index in [9.17, 15) is 0 Å². The molecule has 0 aliphatic carbocycles. The fourth-order valence-electron chi connectivity index (χ4n) is 1.62. The number of nitrogens with two attached hydrogens (primary N) is 1. The van der Waals surface area contributed by atoms with Crippen LogP contribution in [0.4, 0.5) is 5.82 Å². The summed E-state index contributed by atoms with van der Waals surface area (Å²) in [6.45, 7) is 2.64. The molecule has 2 aromatic rings. The SMILES string of the molecule is CCc1ccccc1OCc1ccc(N)nc1. The Hall–Kier alpha value is -2.03. The van der Waals surface area contributed by atoms with E-state index in [-0.39, 0.29) is 0 Å². The second kappa shape index (κ2) is 5.34. The number of rotatable bonds is 4. The number of nitrogen functional groups attached to an aromatic ring is 1. The van der Waals surface area contributed by atoms with E-state index >= 15 is 0 Å². The number of hydrogen-bond donors (Lipinski definition) is 1. The predicted octanol–water partition coefficient (Wildman–Crippen LogP) is 2.81. The Morgan fingerprint density at radius 2 is 2.00 bits per heavy atom. The standard InChI is InChI=1S/C14H16N2O/c1-2-12-5-3-4-6-13(12)17-10-11-7-8-14(15)16-9-11/h3-9H,2,10H2,1H3,(H2,15,16). The Kier molecular flexibility index (Phi) is 3.60. The van der Waals surface area contributed by atoms with Crippen molar-refractivity contribution in [1.82, 2.24) is 4.98 Å². The maximum Gasteiger partial charge on any atom is 0.123 e. The van der Waals surface area contributed by atoms with E-state index in [0.29, 0.717) is 12.4 Å². The van der Waals surface area contributed by atoms with Gasteiger partial charge < -0.3 is 10.5 Å². The Labute approximate surface area is 101 Å². The topological polar surface area (TPSA) is 48.1 Å². The van der Waals surface area contributed by atoms with Gasteiger partial charge in [0.15, 0.2) is 0 Å². The van der Waals surface area contributed by atoms with E-state index in [0.717, 1.165) is 17.7 Å². The van der Waals surface area contributed by atoms with Crippen LogP contribution in [-0.2, 0) is 13.0 Å². The number of aromatic nitrogens is 1. The van der Waals surface area contributed by atoms with Gasteiger partial charge in [-0.1, -0.05) is 31.2 Å². The lowest BCUT2D eigenvalue weighted by molar-refractivity contribution is 0.303. The highest BCUT2D eigenvalue weighted by Gasteiger charge is 2.01. The molecule has 1 aromatic heterocycles. The summed E-state index contributed by atoms with van der Waals surface area (Å²) in [6, 6.07) is 11.8. The van der Waals surface area contributed by atoms with Crippen LogP contribution in [0.1, 0.15) is 18.1 Å². The molecule has 3 heteroatoms. The molecule has 0 fully saturated rings. The molecular weight excluding hydrogens is 212 g/mol. The van der Waals surface area contributed by atoms with Gasteiger partial charge in [-0.2, -0.15) is 0 Å². The summed E-state index contributed by atoms with van der Waals surface area (Å²) in [5.74, 6) is 1.47. The number of para-hydroxylation sites is 1. The number of aryl methyl sites for hydroxylation is 1. The van der Waals surface area contributed by atoms with Gasteiger partial charge in [-0.25, -0.2) is 4.98 Å². The largest absolute Gasteiger partial charge is 0.489 e. The van der Waals surface area contributed by atoms with Crippen molar-refractivity contribution in [2.45, 2.75) is 20.0 Å². The zero-order valence-corrected chi connectivity index (χ0v) is 9.89. The van der Waals surface area contributed by atoms with Crippen molar-refractivity contribution < 1.29 is 4.74 Å². The van der Waals surface area contributed by atoms with Crippen molar-refractivity contribution in [2.24, 2.45) is 0 Å². The molecule has 0 unspecified atom stereocenters. The fraction of sp³-hybridized carbons (Fsp3) is 0.214. The van der Waals surface area contributed by atoms with Gasteiger partial charge in [0.25, 0.3) is 0 Å². The Balaban J connectivity index is 2.04. The summed E-state index contributed by atoms with van der Waals surface area (Å²) in [6.07, 6.45) is 2.71. The summed E-state index contributed by atoms with van der Waals surface area (Å²) >= 11 is 0. The molecule has 0 aliphatic rings. The van der Waals surface area contributed by atoms with Gasteiger partial charge in [-0.15, -0.1) is 0 Å². The first-order valence-corrected chi connectivity index (χ1v) is 5.70. The van der Waals surface area contributed by atoms with Gasteiger partial charge in [0, 0.05) is 11.8 Å². The molecule has 0 bridgehead atoms. The smallest absolute Gasteiger partial charge is 0.123 e. The van der Waals surface area contributed by atoms with Gasteiger partial charge in [0.05, 0.1) is 0 Å². The normalized spacial score (nSPS) is 10.2. The number of anilines is 1. The minimum atomic E-state index is 0.518. The van der Waals surface area contributed by atoms with Crippen molar-refractivity contribution in [3.63, 3.8) is 0 Å². The van der Waals surface area contributed by atoms with E-state index in [1.807, 2.05) is 24.3 Å². The molecule has 2 N–H and O–H groups in total. The summed E-state index contributed by atoms with van der Waals surface area (Å²) in [5, 5.41) is 0. The monoisotopic (exact) mass is 228 g/mol. The number of benzene rings is 1. The minimum absolute atomic E-state index is 0.518. The molecule has 0 spiro atoms. The lowest BCUT2D eigenvalue weighted by atomic mass is 10.1. The Bertz CT molecular complexity index is 480. The highest BCUT2D eigenvalue weighted by Crippen LogP contribution is 2.19. The van der Waals surface area contributed by atoms with Crippen LogP contribution in [0.15, 0.2) is 42.6 Å². The molecule has 2 rings (SSSR count). The molecule has 1 aromatic carbocycles. The summed E-state index contributed by atoms with van der Waals surface area (Å²) < 4.78 is 5.77. The third kappa shape index (κ3) is 2.97. The van der Waals surface area contributed by atoms with Crippen LogP contribution < -0.4 is 10.5 Å². The zero-order chi connectivity index (χ0) is 12.1. The molecule has 0 saturated heterocycles. The minimum Gasteiger partial charge on any atom is -0.489 e. The van der Waals surface area contributed by atoms with E-state index in [4.69, 9.17) is 10.5 Å². The van der Waals surface area contributed by atoms with Crippen molar-refractivity contribution in [1.29, 1.82) is 0 Å². The van der Waals surface area contributed by atoms with Crippen molar-refractivity contribution in [3.8, 4) is 5.75 Å². The summed E-state index contributed by atoms with van der Waals surface area (Å²) in [7, 11) is 0. The number of pyridine rings is 1. The average Bonchev–Trinajstić information content (AvgIpc) is 2.38. The van der Waals surface area contributed by atoms with Gasteiger partial charge >= 0.3 is 0 Å². The maximum absolute atomic E-state index is 5.77. The molecule has 1 heterocycles. The van der Waals surface area contributed by atoms with Gasteiger partial charge in [-0.3, -0.25) is 0 Å². The van der Waals surface area contributed by atoms with E-state index < -0.39 is 0 Å². The van der Waals surface area contributed by atoms with Crippen LogP contribution in [0.25, 0.3) is 0 Å². The second-order valence-corrected chi connectivity index (χ2v) is 3.84.